The number of hydrogen-bond acceptors (Lipinski definition) is 6. The molecule has 1 aliphatic rings. The van der Waals surface area contributed by atoms with Crippen LogP contribution in [0.4, 0.5) is 0 Å². The minimum absolute atomic E-state index is 0.133. The smallest absolute Gasteiger partial charge is 0.199 e. The van der Waals surface area contributed by atoms with Crippen molar-refractivity contribution in [1.82, 2.24) is 10.3 Å². The van der Waals surface area contributed by atoms with Gasteiger partial charge in [-0.05, 0) is 30.3 Å². The third-order valence-electron chi connectivity index (χ3n) is 2.53. The highest BCUT2D eigenvalue weighted by molar-refractivity contribution is 6.69. The molecule has 0 radical (unpaired) electrons. The first-order valence-electron chi connectivity index (χ1n) is 4.58. The van der Waals surface area contributed by atoms with Crippen LogP contribution in [0.15, 0.2) is 9.78 Å². The molecule has 0 atom stereocenters. The molecule has 82 valence electrons. The molecular weight excluding hydrogens is 222 g/mol. The first kappa shape index (κ1) is 10.4. The van der Waals surface area contributed by atoms with Crippen LogP contribution < -0.4 is 0 Å². The van der Waals surface area contributed by atoms with Gasteiger partial charge in [0.05, 0.1) is 6.10 Å². The van der Waals surface area contributed by atoms with E-state index in [4.69, 9.17) is 21.9 Å². The SMILES string of the molecule is ON=C(Cl)c1nonc1CC1CC(O)C1. The summed E-state index contributed by atoms with van der Waals surface area (Å²) in [6, 6.07) is 0. The summed E-state index contributed by atoms with van der Waals surface area (Å²) in [5, 5.41) is 27.5. The van der Waals surface area contributed by atoms with Crippen LogP contribution in [0.5, 0.6) is 0 Å². The molecule has 1 aromatic rings. The molecule has 2 N–H and O–H groups in total. The highest BCUT2D eigenvalue weighted by Crippen LogP contribution is 2.30. The lowest BCUT2D eigenvalue weighted by molar-refractivity contribution is 0.0424. The third-order valence-corrected chi connectivity index (χ3v) is 2.79. The largest absolute Gasteiger partial charge is 0.410 e. The quantitative estimate of drug-likeness (QED) is 0.455. The molecule has 0 amide bonds. The van der Waals surface area contributed by atoms with Gasteiger partial charge in [0.2, 0.25) is 0 Å². The second-order valence-electron chi connectivity index (χ2n) is 3.65. The molecule has 1 saturated carbocycles. The highest BCUT2D eigenvalue weighted by Gasteiger charge is 2.29. The molecule has 1 heterocycles. The number of rotatable bonds is 3. The Morgan fingerprint density at radius 2 is 2.27 bits per heavy atom. The second-order valence-corrected chi connectivity index (χ2v) is 4.00. The van der Waals surface area contributed by atoms with E-state index in [2.05, 4.69) is 20.1 Å². The molecule has 1 aromatic heterocycles. The lowest BCUT2D eigenvalue weighted by atomic mass is 9.79. The third kappa shape index (κ3) is 2.10. The topological polar surface area (TPSA) is 91.7 Å². The summed E-state index contributed by atoms with van der Waals surface area (Å²) < 4.78 is 4.53. The lowest BCUT2D eigenvalue weighted by Gasteiger charge is -2.30. The standard InChI is InChI=1S/C8H10ClN3O3/c9-8(10-14)7-6(11-15-12-7)3-4-1-5(13)2-4/h4-5,13-14H,1-3H2. The van der Waals surface area contributed by atoms with Crippen molar-refractivity contribution in [1.29, 1.82) is 0 Å². The van der Waals surface area contributed by atoms with Gasteiger partial charge in [-0.25, -0.2) is 4.63 Å². The van der Waals surface area contributed by atoms with Gasteiger partial charge in [0, 0.05) is 0 Å². The fraction of sp³-hybridized carbons (Fsp3) is 0.625. The fourth-order valence-corrected chi connectivity index (χ4v) is 1.83. The Kier molecular flexibility index (Phi) is 2.88. The maximum Gasteiger partial charge on any atom is 0.199 e. The normalized spacial score (nSPS) is 26.4. The van der Waals surface area contributed by atoms with Crippen molar-refractivity contribution in [2.45, 2.75) is 25.4 Å². The molecule has 0 aliphatic heterocycles. The van der Waals surface area contributed by atoms with Crippen LogP contribution in [0.25, 0.3) is 0 Å². The van der Waals surface area contributed by atoms with Gasteiger partial charge in [-0.1, -0.05) is 21.9 Å². The van der Waals surface area contributed by atoms with Gasteiger partial charge in [-0.15, -0.1) is 0 Å². The zero-order valence-corrected chi connectivity index (χ0v) is 8.55. The summed E-state index contributed by atoms with van der Waals surface area (Å²) in [6.45, 7) is 0. The fourth-order valence-electron chi connectivity index (χ4n) is 1.69. The highest BCUT2D eigenvalue weighted by atomic mass is 35.5. The molecule has 7 heteroatoms. The maximum absolute atomic E-state index is 9.12. The molecular formula is C8H10ClN3O3. The van der Waals surface area contributed by atoms with Crippen LogP contribution in [-0.4, -0.2) is 31.9 Å². The summed E-state index contributed by atoms with van der Waals surface area (Å²) in [4.78, 5) is 0. The summed E-state index contributed by atoms with van der Waals surface area (Å²) in [5.41, 5.74) is 0.829. The van der Waals surface area contributed by atoms with E-state index in [1.165, 1.54) is 0 Å². The van der Waals surface area contributed by atoms with Gasteiger partial charge in [-0.2, -0.15) is 0 Å². The summed E-state index contributed by atoms with van der Waals surface area (Å²) in [7, 11) is 0. The summed E-state index contributed by atoms with van der Waals surface area (Å²) in [5.74, 6) is 0.369. The molecule has 6 nitrogen and oxygen atoms in total. The van der Waals surface area contributed by atoms with Crippen molar-refractivity contribution in [3.8, 4) is 0 Å². The number of nitrogens with zero attached hydrogens (tertiary/aromatic N) is 3. The summed E-state index contributed by atoms with van der Waals surface area (Å²) in [6.07, 6.45) is 1.92. The first-order chi connectivity index (χ1) is 7.20. The summed E-state index contributed by atoms with van der Waals surface area (Å²) >= 11 is 5.60. The Morgan fingerprint density at radius 3 is 2.87 bits per heavy atom. The molecule has 2 rings (SSSR count). The van der Waals surface area contributed by atoms with Gasteiger partial charge in [0.25, 0.3) is 0 Å². The Hall–Kier alpha value is -1.14. The Morgan fingerprint density at radius 1 is 1.53 bits per heavy atom. The monoisotopic (exact) mass is 231 g/mol. The number of aliphatic hydroxyl groups is 1. The van der Waals surface area contributed by atoms with Crippen molar-refractivity contribution in [2.24, 2.45) is 11.1 Å². The van der Waals surface area contributed by atoms with Gasteiger partial charge in [-0.3, -0.25) is 0 Å². The van der Waals surface area contributed by atoms with Crippen molar-refractivity contribution < 1.29 is 14.9 Å². The number of halogens is 1. The van der Waals surface area contributed by atoms with E-state index in [1.807, 2.05) is 0 Å². The predicted molar refractivity (Wildman–Crippen MR) is 50.9 cm³/mol. The van der Waals surface area contributed by atoms with E-state index in [9.17, 15) is 0 Å². The van der Waals surface area contributed by atoms with Crippen molar-refractivity contribution in [3.63, 3.8) is 0 Å². The van der Waals surface area contributed by atoms with Crippen LogP contribution in [0, 0.1) is 5.92 Å². The Balaban J connectivity index is 2.05. The number of aliphatic hydroxyl groups excluding tert-OH is 1. The average molecular weight is 232 g/mol. The van der Waals surface area contributed by atoms with Crippen LogP contribution in [0.1, 0.15) is 24.2 Å². The van der Waals surface area contributed by atoms with E-state index < -0.39 is 0 Å². The molecule has 1 fully saturated rings. The minimum Gasteiger partial charge on any atom is -0.410 e. The minimum atomic E-state index is -0.208. The molecule has 0 bridgehead atoms. The first-order valence-corrected chi connectivity index (χ1v) is 4.96. The second kappa shape index (κ2) is 4.16. The molecule has 1 aliphatic carbocycles. The van der Waals surface area contributed by atoms with E-state index in [-0.39, 0.29) is 17.0 Å². The number of aromatic nitrogens is 2. The molecule has 0 aromatic carbocycles. The van der Waals surface area contributed by atoms with Crippen molar-refractivity contribution >= 4 is 16.8 Å². The van der Waals surface area contributed by atoms with Crippen LogP contribution in [0.2, 0.25) is 0 Å². The zero-order valence-electron chi connectivity index (χ0n) is 7.80. The molecule has 0 saturated heterocycles. The lowest BCUT2D eigenvalue weighted by Crippen LogP contribution is -2.30. The molecule has 0 unspecified atom stereocenters. The maximum atomic E-state index is 9.12. The molecule has 15 heavy (non-hydrogen) atoms. The van der Waals surface area contributed by atoms with Gasteiger partial charge < -0.3 is 10.3 Å². The van der Waals surface area contributed by atoms with Gasteiger partial charge in [0.1, 0.15) is 5.69 Å². The van der Waals surface area contributed by atoms with E-state index in [1.54, 1.807) is 0 Å². The van der Waals surface area contributed by atoms with E-state index in [0.29, 0.717) is 18.0 Å². The Bertz CT molecular complexity index is 373. The number of hydrogen-bond donors (Lipinski definition) is 2. The molecule has 0 spiro atoms. The van der Waals surface area contributed by atoms with E-state index >= 15 is 0 Å². The van der Waals surface area contributed by atoms with Crippen molar-refractivity contribution in [3.05, 3.63) is 11.4 Å². The number of oxime groups is 1. The van der Waals surface area contributed by atoms with Crippen molar-refractivity contribution in [2.75, 3.05) is 0 Å². The van der Waals surface area contributed by atoms with E-state index in [0.717, 1.165) is 12.8 Å². The predicted octanol–water partition coefficient (Wildman–Crippen LogP) is 0.758. The Labute approximate surface area is 90.5 Å². The van der Waals surface area contributed by atoms with Gasteiger partial charge >= 0.3 is 0 Å². The average Bonchev–Trinajstić information content (AvgIpc) is 2.62. The van der Waals surface area contributed by atoms with Crippen LogP contribution in [-0.2, 0) is 6.42 Å². The zero-order chi connectivity index (χ0) is 10.8. The van der Waals surface area contributed by atoms with Gasteiger partial charge in [0.15, 0.2) is 10.9 Å². The van der Waals surface area contributed by atoms with Crippen LogP contribution in [0.3, 0.4) is 0 Å². The van der Waals surface area contributed by atoms with Crippen LogP contribution >= 0.6 is 11.6 Å².